The second-order valence-corrected chi connectivity index (χ2v) is 6.98. The van der Waals surface area contributed by atoms with Crippen LogP contribution < -0.4 is 5.43 Å². The fourth-order valence-electron chi connectivity index (χ4n) is 2.63. The molecule has 1 N–H and O–H groups in total. The third kappa shape index (κ3) is 4.95. The lowest BCUT2D eigenvalue weighted by atomic mass is 10.1. The molecule has 3 aromatic carbocycles. The Balaban J connectivity index is 1.50. The van der Waals surface area contributed by atoms with Crippen LogP contribution in [0.2, 0.25) is 0 Å². The molecule has 4 rings (SSSR count). The minimum absolute atomic E-state index is 0.333. The summed E-state index contributed by atoms with van der Waals surface area (Å²) in [4.78, 5) is 4.53. The molecule has 3 nitrogen and oxygen atoms in total. The molecular weight excluding hydrogens is 381 g/mol. The van der Waals surface area contributed by atoms with Gasteiger partial charge in [-0.15, -0.1) is 11.3 Å². The van der Waals surface area contributed by atoms with Crippen LogP contribution in [-0.4, -0.2) is 11.2 Å². The predicted molar refractivity (Wildman–Crippen MR) is 118 cm³/mol. The van der Waals surface area contributed by atoms with Crippen LogP contribution in [0.4, 0.5) is 9.52 Å². The Hall–Kier alpha value is -3.75. The summed E-state index contributed by atoms with van der Waals surface area (Å²) in [6.45, 7) is 0. The van der Waals surface area contributed by atoms with E-state index in [-0.39, 0.29) is 5.82 Å². The number of nitrogens with one attached hydrogen (secondary N) is 1. The van der Waals surface area contributed by atoms with Gasteiger partial charge in [0.2, 0.25) is 5.13 Å². The molecule has 1 aromatic heterocycles. The number of hydrazone groups is 1. The molecular formula is C24H16FN3S. The van der Waals surface area contributed by atoms with Gasteiger partial charge in [0.15, 0.2) is 0 Å². The van der Waals surface area contributed by atoms with Crippen LogP contribution >= 0.6 is 11.3 Å². The number of anilines is 1. The zero-order valence-corrected chi connectivity index (χ0v) is 16.2. The van der Waals surface area contributed by atoms with Gasteiger partial charge in [-0.3, -0.25) is 5.43 Å². The third-order valence-electron chi connectivity index (χ3n) is 4.07. The summed E-state index contributed by atoms with van der Waals surface area (Å²) < 4.78 is 13.7. The van der Waals surface area contributed by atoms with Crippen LogP contribution in [0.15, 0.2) is 89.3 Å². The number of aromatic nitrogens is 1. The maximum Gasteiger partial charge on any atom is 0.203 e. The fourth-order valence-corrected chi connectivity index (χ4v) is 3.30. The molecule has 0 saturated carbocycles. The summed E-state index contributed by atoms with van der Waals surface area (Å²) in [7, 11) is 0. The van der Waals surface area contributed by atoms with Gasteiger partial charge in [0.1, 0.15) is 5.82 Å². The van der Waals surface area contributed by atoms with Gasteiger partial charge in [0.25, 0.3) is 0 Å². The number of thiazole rings is 1. The molecule has 4 aromatic rings. The van der Waals surface area contributed by atoms with Crippen LogP contribution in [0.1, 0.15) is 16.7 Å². The van der Waals surface area contributed by atoms with Crippen LogP contribution in [0.25, 0.3) is 11.3 Å². The van der Waals surface area contributed by atoms with Crippen LogP contribution in [-0.2, 0) is 0 Å². The van der Waals surface area contributed by atoms with Crippen molar-refractivity contribution in [2.45, 2.75) is 0 Å². The largest absolute Gasteiger partial charge is 0.253 e. The Morgan fingerprint density at radius 2 is 1.69 bits per heavy atom. The molecule has 0 fully saturated rings. The Morgan fingerprint density at radius 3 is 2.48 bits per heavy atom. The molecule has 0 unspecified atom stereocenters. The van der Waals surface area contributed by atoms with Gasteiger partial charge in [0.05, 0.1) is 11.9 Å². The summed E-state index contributed by atoms with van der Waals surface area (Å²) in [5.74, 6) is 5.74. The maximum atomic E-state index is 13.7. The monoisotopic (exact) mass is 397 g/mol. The first-order valence-corrected chi connectivity index (χ1v) is 9.82. The van der Waals surface area contributed by atoms with E-state index in [0.29, 0.717) is 10.7 Å². The summed E-state index contributed by atoms with van der Waals surface area (Å²) in [6.07, 6.45) is 1.62. The maximum absolute atomic E-state index is 13.7. The lowest BCUT2D eigenvalue weighted by Gasteiger charge is -1.99. The summed E-state index contributed by atoms with van der Waals surface area (Å²) >= 11 is 1.47. The topological polar surface area (TPSA) is 37.3 Å². The SMILES string of the molecule is Fc1ccc(C=NNc2nc(-c3ccccc3)cs2)c(C#Cc2ccccc2)c1. The quantitative estimate of drug-likeness (QED) is 0.269. The smallest absolute Gasteiger partial charge is 0.203 e. The Kier molecular flexibility index (Phi) is 5.75. The van der Waals surface area contributed by atoms with E-state index in [1.54, 1.807) is 12.3 Å². The zero-order chi connectivity index (χ0) is 19.9. The van der Waals surface area contributed by atoms with E-state index in [2.05, 4.69) is 27.4 Å². The van der Waals surface area contributed by atoms with Crippen molar-refractivity contribution < 1.29 is 4.39 Å². The second-order valence-electron chi connectivity index (χ2n) is 6.12. The molecule has 0 amide bonds. The van der Waals surface area contributed by atoms with Gasteiger partial charge in [0, 0.05) is 27.6 Å². The first-order valence-electron chi connectivity index (χ1n) is 8.94. The van der Waals surface area contributed by atoms with Gasteiger partial charge in [-0.2, -0.15) is 5.10 Å². The van der Waals surface area contributed by atoms with E-state index in [9.17, 15) is 4.39 Å². The van der Waals surface area contributed by atoms with Gasteiger partial charge < -0.3 is 0 Å². The van der Waals surface area contributed by atoms with Crippen molar-refractivity contribution >= 4 is 22.7 Å². The van der Waals surface area contributed by atoms with Gasteiger partial charge in [-0.05, 0) is 30.3 Å². The number of rotatable bonds is 4. The molecule has 1 heterocycles. The van der Waals surface area contributed by atoms with Gasteiger partial charge >= 0.3 is 0 Å². The van der Waals surface area contributed by atoms with Crippen molar-refractivity contribution in [3.8, 4) is 23.1 Å². The Morgan fingerprint density at radius 1 is 0.931 bits per heavy atom. The van der Waals surface area contributed by atoms with Crippen molar-refractivity contribution in [3.05, 3.63) is 107 Å². The van der Waals surface area contributed by atoms with Crippen molar-refractivity contribution in [1.82, 2.24) is 4.98 Å². The molecule has 0 radical (unpaired) electrons. The average molecular weight is 397 g/mol. The van der Waals surface area contributed by atoms with Crippen molar-refractivity contribution in [1.29, 1.82) is 0 Å². The minimum Gasteiger partial charge on any atom is -0.253 e. The predicted octanol–water partition coefficient (Wildman–Crippen LogP) is 5.80. The molecule has 0 saturated heterocycles. The van der Waals surface area contributed by atoms with Crippen molar-refractivity contribution in [2.75, 3.05) is 5.43 Å². The van der Waals surface area contributed by atoms with Gasteiger partial charge in [-0.25, -0.2) is 9.37 Å². The highest BCUT2D eigenvalue weighted by Crippen LogP contribution is 2.24. The molecule has 140 valence electrons. The highest BCUT2D eigenvalue weighted by Gasteiger charge is 2.04. The Bertz CT molecular complexity index is 1190. The average Bonchev–Trinajstić information content (AvgIpc) is 3.24. The van der Waals surface area contributed by atoms with E-state index in [4.69, 9.17) is 0 Å². The normalized spacial score (nSPS) is 10.5. The van der Waals surface area contributed by atoms with E-state index >= 15 is 0 Å². The number of nitrogens with zero attached hydrogens (tertiary/aromatic N) is 2. The number of benzene rings is 3. The number of halogens is 1. The van der Waals surface area contributed by atoms with E-state index < -0.39 is 0 Å². The standard InChI is InChI=1S/C24H16FN3S/c25-22-14-13-21(20(15-22)12-11-18-7-3-1-4-8-18)16-26-28-24-27-23(17-29-24)19-9-5-2-6-10-19/h1-10,13-17H,(H,27,28). The molecule has 29 heavy (non-hydrogen) atoms. The molecule has 0 spiro atoms. The molecule has 0 bridgehead atoms. The summed E-state index contributed by atoms with van der Waals surface area (Å²) in [5.41, 5.74) is 7.05. The van der Waals surface area contributed by atoms with Crippen LogP contribution in [0, 0.1) is 17.7 Å². The molecule has 5 heteroatoms. The van der Waals surface area contributed by atoms with E-state index in [1.807, 2.05) is 66.0 Å². The highest BCUT2D eigenvalue weighted by atomic mass is 32.1. The number of hydrogen-bond donors (Lipinski definition) is 1. The Labute approximate surface area is 172 Å². The lowest BCUT2D eigenvalue weighted by Crippen LogP contribution is -1.94. The van der Waals surface area contributed by atoms with Crippen LogP contribution in [0.3, 0.4) is 0 Å². The highest BCUT2D eigenvalue weighted by molar-refractivity contribution is 7.14. The second kappa shape index (κ2) is 8.96. The fraction of sp³-hybridized carbons (Fsp3) is 0. The summed E-state index contributed by atoms with van der Waals surface area (Å²) in [5, 5.41) is 6.90. The molecule has 0 aliphatic carbocycles. The zero-order valence-electron chi connectivity index (χ0n) is 15.3. The summed E-state index contributed by atoms with van der Waals surface area (Å²) in [6, 6.07) is 24.0. The van der Waals surface area contributed by atoms with Crippen LogP contribution in [0.5, 0.6) is 0 Å². The first-order chi connectivity index (χ1) is 14.3. The molecule has 0 atom stereocenters. The lowest BCUT2D eigenvalue weighted by molar-refractivity contribution is 0.627. The van der Waals surface area contributed by atoms with Gasteiger partial charge in [-0.1, -0.05) is 60.4 Å². The minimum atomic E-state index is -0.333. The third-order valence-corrected chi connectivity index (χ3v) is 4.82. The molecule has 0 aliphatic heterocycles. The van der Waals surface area contributed by atoms with E-state index in [0.717, 1.165) is 22.4 Å². The van der Waals surface area contributed by atoms with E-state index in [1.165, 1.54) is 23.5 Å². The van der Waals surface area contributed by atoms with Crippen molar-refractivity contribution in [3.63, 3.8) is 0 Å². The number of hydrogen-bond acceptors (Lipinski definition) is 4. The van der Waals surface area contributed by atoms with Crippen molar-refractivity contribution in [2.24, 2.45) is 5.10 Å². The first kappa shape index (κ1) is 18.6. The molecule has 0 aliphatic rings.